The van der Waals surface area contributed by atoms with Crippen molar-refractivity contribution in [1.29, 1.82) is 0 Å². The quantitative estimate of drug-likeness (QED) is 0.0159. The molecule has 0 aromatic heterocycles. The second kappa shape index (κ2) is 36.7. The Morgan fingerprint density at radius 1 is 0.373 bits per heavy atom. The molecule has 0 aliphatic rings. The molecular weight excluding hydrogens is 957 g/mol. The molecule has 0 radical (unpaired) electrons. The average molecular weight is 1050 g/mol. The van der Waals surface area contributed by atoms with Gasteiger partial charge in [0.15, 0.2) is 51.8 Å². The molecule has 3 rings (SSSR count). The molecular formula is C59H88N4O12. The molecule has 0 atom stereocenters. The van der Waals surface area contributed by atoms with E-state index in [2.05, 4.69) is 24.1 Å². The Morgan fingerprint density at radius 2 is 0.720 bits per heavy atom. The number of hydrogen-bond donors (Lipinski definition) is 7. The van der Waals surface area contributed by atoms with Gasteiger partial charge in [0.1, 0.15) is 0 Å². The molecule has 0 heterocycles. The van der Waals surface area contributed by atoms with E-state index in [4.69, 9.17) is 0 Å². The van der Waals surface area contributed by atoms with E-state index in [9.17, 15) is 59.4 Å². The van der Waals surface area contributed by atoms with Gasteiger partial charge in [0, 0.05) is 71.2 Å². The van der Waals surface area contributed by atoms with E-state index < -0.39 is 51.8 Å². The van der Waals surface area contributed by atoms with E-state index in [1.54, 1.807) is 9.80 Å². The summed E-state index contributed by atoms with van der Waals surface area (Å²) in [6.45, 7) is 8.37. The minimum Gasteiger partial charge on any atom is -0.504 e. The zero-order chi connectivity index (χ0) is 54.8. The molecule has 0 spiro atoms. The first-order valence-corrected chi connectivity index (χ1v) is 27.8. The molecule has 0 saturated carbocycles. The van der Waals surface area contributed by atoms with E-state index in [1.807, 2.05) is 0 Å². The van der Waals surface area contributed by atoms with Crippen molar-refractivity contribution >= 4 is 35.1 Å². The van der Waals surface area contributed by atoms with Crippen LogP contribution in [0.2, 0.25) is 0 Å². The van der Waals surface area contributed by atoms with Crippen molar-refractivity contribution in [3.8, 4) is 34.5 Å². The summed E-state index contributed by atoms with van der Waals surface area (Å²) in [5.74, 6) is -4.79. The molecule has 3 aromatic rings. The Morgan fingerprint density at radius 3 is 1.12 bits per heavy atom. The smallest absolute Gasteiger partial charge is 0.222 e. The number of amides is 3. The number of aromatic hydroxyl groups is 6. The standard InChI is InChI=1S/C59H88N4O12/c1-3-5-7-9-11-13-15-38-61(39-16-14-12-10-8-6-4-2)40-24-42-63(56(72)36-22-30-50(66)47-27-19-33-53(69)59(47)75)44-43-62(55(71)35-21-29-49(65)46-26-18-32-52(68)58(46)74)41-23-37-60-54(70)34-20-28-48(64)45-25-17-31-51(67)57(45)73/h17-19,25-27,31-33,67-69,73-75H,3-16,20-24,28-30,34-44H2,1-2H3,(H,60,70). The van der Waals surface area contributed by atoms with Crippen LogP contribution in [0, 0.1) is 0 Å². The number of carbonyl (C=O) groups excluding carboxylic acids is 6. The maximum atomic E-state index is 14.1. The summed E-state index contributed by atoms with van der Waals surface area (Å²) in [7, 11) is 0. The molecule has 0 fully saturated rings. The lowest BCUT2D eigenvalue weighted by Crippen LogP contribution is -2.43. The zero-order valence-electron chi connectivity index (χ0n) is 45.0. The maximum absolute atomic E-state index is 14.1. The van der Waals surface area contributed by atoms with Crippen LogP contribution in [0.1, 0.15) is 205 Å². The fourth-order valence-electron chi connectivity index (χ4n) is 9.15. The predicted molar refractivity (Wildman–Crippen MR) is 292 cm³/mol. The second-order valence-corrected chi connectivity index (χ2v) is 19.8. The van der Waals surface area contributed by atoms with Crippen LogP contribution in [-0.4, -0.2) is 133 Å². The molecule has 7 N–H and O–H groups in total. The van der Waals surface area contributed by atoms with Crippen molar-refractivity contribution in [2.45, 2.75) is 174 Å². The number of phenols is 6. The minimum atomic E-state index is -0.523. The minimum absolute atomic E-state index is 0.0201. The SMILES string of the molecule is CCCCCCCCCN(CCCCCCCCC)CCCN(CCN(CCCNC(=O)CCCC(=O)c1cccc(O)c1O)C(=O)CCCC(=O)c1cccc(O)c1O)C(=O)CCCC(=O)c1cccc(O)c1O. The van der Waals surface area contributed by atoms with Crippen molar-refractivity contribution in [1.82, 2.24) is 20.0 Å². The number of nitrogens with zero attached hydrogens (tertiary/aromatic N) is 3. The van der Waals surface area contributed by atoms with Crippen LogP contribution in [-0.2, 0) is 14.4 Å². The van der Waals surface area contributed by atoms with Gasteiger partial charge < -0.3 is 50.7 Å². The van der Waals surface area contributed by atoms with Crippen LogP contribution in [0.4, 0.5) is 0 Å². The normalized spacial score (nSPS) is 11.2. The lowest BCUT2D eigenvalue weighted by Gasteiger charge is -2.29. The fraction of sp³-hybridized carbons (Fsp3) is 0.593. The topological polar surface area (TPSA) is 246 Å². The summed E-state index contributed by atoms with van der Waals surface area (Å²) >= 11 is 0. The molecule has 0 aliphatic heterocycles. The third-order valence-corrected chi connectivity index (χ3v) is 13.7. The first-order chi connectivity index (χ1) is 36.2. The molecule has 0 unspecified atom stereocenters. The third kappa shape index (κ3) is 24.4. The summed E-state index contributed by atoms with van der Waals surface area (Å²) in [5, 5.41) is 63.1. The number of hydrogen-bond acceptors (Lipinski definition) is 13. The monoisotopic (exact) mass is 1040 g/mol. The van der Waals surface area contributed by atoms with Crippen molar-refractivity contribution in [3.05, 3.63) is 71.3 Å². The number of benzene rings is 3. The van der Waals surface area contributed by atoms with E-state index in [-0.39, 0.29) is 118 Å². The zero-order valence-corrected chi connectivity index (χ0v) is 45.0. The molecule has 75 heavy (non-hydrogen) atoms. The molecule has 416 valence electrons. The fourth-order valence-corrected chi connectivity index (χ4v) is 9.15. The Hall–Kier alpha value is -6.16. The largest absolute Gasteiger partial charge is 0.504 e. The van der Waals surface area contributed by atoms with Crippen LogP contribution >= 0.6 is 0 Å². The van der Waals surface area contributed by atoms with Gasteiger partial charge in [0.05, 0.1) is 16.7 Å². The van der Waals surface area contributed by atoms with Crippen LogP contribution in [0.15, 0.2) is 54.6 Å². The highest BCUT2D eigenvalue weighted by Crippen LogP contribution is 2.31. The van der Waals surface area contributed by atoms with E-state index in [0.29, 0.717) is 19.4 Å². The molecule has 0 aliphatic carbocycles. The van der Waals surface area contributed by atoms with Gasteiger partial charge in [-0.1, -0.05) is 109 Å². The highest BCUT2D eigenvalue weighted by molar-refractivity contribution is 6.00. The summed E-state index contributed by atoms with van der Waals surface area (Å²) in [4.78, 5) is 85.5. The van der Waals surface area contributed by atoms with Crippen LogP contribution < -0.4 is 5.32 Å². The number of rotatable bonds is 42. The van der Waals surface area contributed by atoms with Crippen LogP contribution in [0.5, 0.6) is 34.5 Å². The van der Waals surface area contributed by atoms with Crippen molar-refractivity contribution < 1.29 is 59.4 Å². The maximum Gasteiger partial charge on any atom is 0.222 e. The second-order valence-electron chi connectivity index (χ2n) is 19.8. The molecule has 16 heteroatoms. The number of ketones is 3. The van der Waals surface area contributed by atoms with Crippen LogP contribution in [0.3, 0.4) is 0 Å². The number of carbonyl (C=O) groups is 6. The Bertz CT molecular complexity index is 2200. The molecule has 16 nitrogen and oxygen atoms in total. The van der Waals surface area contributed by atoms with Gasteiger partial charge in [-0.15, -0.1) is 0 Å². The molecule has 3 aromatic carbocycles. The Balaban J connectivity index is 1.72. The van der Waals surface area contributed by atoms with Crippen LogP contribution in [0.25, 0.3) is 0 Å². The lowest BCUT2D eigenvalue weighted by molar-refractivity contribution is -0.135. The van der Waals surface area contributed by atoms with Crippen molar-refractivity contribution in [3.63, 3.8) is 0 Å². The summed E-state index contributed by atoms with van der Waals surface area (Å²) in [5.41, 5.74) is -0.0914. The van der Waals surface area contributed by atoms with Gasteiger partial charge in [-0.2, -0.15) is 0 Å². The van der Waals surface area contributed by atoms with E-state index >= 15 is 0 Å². The first kappa shape index (κ1) is 63.1. The molecule has 0 bridgehead atoms. The summed E-state index contributed by atoms with van der Waals surface area (Å²) < 4.78 is 0. The molecule has 3 amide bonds. The number of para-hydroxylation sites is 3. The van der Waals surface area contributed by atoms with Gasteiger partial charge in [-0.05, 0) is 101 Å². The molecule has 0 saturated heterocycles. The summed E-state index contributed by atoms with van der Waals surface area (Å²) in [6, 6.07) is 12.4. The first-order valence-electron chi connectivity index (χ1n) is 27.8. The Labute approximate surface area is 445 Å². The number of phenolic OH excluding ortho intramolecular Hbond substituents is 6. The average Bonchev–Trinajstić information content (AvgIpc) is 3.39. The highest BCUT2D eigenvalue weighted by Gasteiger charge is 2.22. The third-order valence-electron chi connectivity index (χ3n) is 13.7. The Kier molecular flexibility index (Phi) is 30.9. The van der Waals surface area contributed by atoms with Gasteiger partial charge in [0.25, 0.3) is 0 Å². The van der Waals surface area contributed by atoms with Crippen molar-refractivity contribution in [2.24, 2.45) is 0 Å². The van der Waals surface area contributed by atoms with Gasteiger partial charge in [-0.3, -0.25) is 28.8 Å². The van der Waals surface area contributed by atoms with Gasteiger partial charge in [0.2, 0.25) is 17.7 Å². The van der Waals surface area contributed by atoms with E-state index in [1.165, 1.54) is 132 Å². The number of nitrogens with one attached hydrogen (secondary N) is 1. The lowest BCUT2D eigenvalue weighted by atomic mass is 10.0. The van der Waals surface area contributed by atoms with Gasteiger partial charge in [-0.25, -0.2) is 0 Å². The van der Waals surface area contributed by atoms with E-state index in [0.717, 1.165) is 32.5 Å². The number of Topliss-reactive ketones (excluding diaryl/α,β-unsaturated/α-hetero) is 3. The highest BCUT2D eigenvalue weighted by atomic mass is 16.3. The summed E-state index contributed by atoms with van der Waals surface area (Å²) in [6.07, 6.45) is 18.5. The van der Waals surface area contributed by atoms with Crippen molar-refractivity contribution in [2.75, 3.05) is 52.4 Å². The predicted octanol–water partition coefficient (Wildman–Crippen LogP) is 10.7. The number of unbranched alkanes of at least 4 members (excludes halogenated alkanes) is 12. The van der Waals surface area contributed by atoms with Gasteiger partial charge >= 0.3 is 0 Å².